The number of anilines is 2. The second-order valence-electron chi connectivity index (χ2n) is 15.7. The van der Waals surface area contributed by atoms with Crippen LogP contribution in [0.4, 0.5) is 11.4 Å². The van der Waals surface area contributed by atoms with Crippen molar-refractivity contribution in [3.8, 4) is 0 Å². The highest BCUT2D eigenvalue weighted by molar-refractivity contribution is 6.42. The molecule has 3 rings (SSSR count). The van der Waals surface area contributed by atoms with Gasteiger partial charge in [0, 0.05) is 48.2 Å². The minimum absolute atomic E-state index is 0.00643. The van der Waals surface area contributed by atoms with E-state index in [1.165, 1.54) is 0 Å². The topological polar surface area (TPSA) is 154 Å². The van der Waals surface area contributed by atoms with Crippen LogP contribution in [-0.2, 0) is 24.0 Å². The standard InChI is InChI=1S/C48H70N4O6/c1-5-9-13-17-21-25-41(53)49-35-29-31-37(39(33-35)51-43(55)27-23-19-15-11-7-3)45-47(57)46(48(45)58)38-32-30-36(50-42(54)26-22-18-14-10-6-2)34-40(38)52-44(56)28-24-20-16-12-8-4/h29-34,57H,5-28H2,1-4H3,(H,49,53)(H,50,54)(H,51,55). The van der Waals surface area contributed by atoms with Crippen LogP contribution in [0.1, 0.15) is 187 Å². The Morgan fingerprint density at radius 3 is 1.57 bits per heavy atom. The number of carbonyl (C=O) groups is 5. The van der Waals surface area contributed by atoms with Gasteiger partial charge in [-0.15, -0.1) is 0 Å². The van der Waals surface area contributed by atoms with E-state index in [9.17, 15) is 29.1 Å². The van der Waals surface area contributed by atoms with E-state index in [1.54, 1.807) is 36.4 Å². The normalized spacial score (nSPS) is 15.7. The second kappa shape index (κ2) is 27.2. The Hall–Kier alpha value is -4.60. The first-order valence-corrected chi connectivity index (χ1v) is 22.4. The number of hydrogen-bond acceptors (Lipinski definition) is 6. The van der Waals surface area contributed by atoms with E-state index >= 15 is 0 Å². The van der Waals surface area contributed by atoms with Crippen LogP contribution in [0.25, 0.3) is 5.57 Å². The Bertz CT molecular complexity index is 1720. The number of nitrogens with one attached hydrogen (secondary N) is 3. The van der Waals surface area contributed by atoms with Gasteiger partial charge in [-0.25, -0.2) is 4.99 Å². The van der Waals surface area contributed by atoms with Crippen molar-refractivity contribution < 1.29 is 29.1 Å². The van der Waals surface area contributed by atoms with Crippen LogP contribution >= 0.6 is 0 Å². The van der Waals surface area contributed by atoms with Crippen LogP contribution in [0.3, 0.4) is 0 Å². The molecule has 0 aliphatic heterocycles. The SMILES string of the molecule is CCCCCCCC(=O)N=C1C=C(NC(=O)CCCCCCC)C=CC1=C1C(=O)C(c2ccc(NC(=O)CCCCCCC)cc2NC(=O)CCCCCCC)=C1O. The number of rotatable bonds is 28. The lowest BCUT2D eigenvalue weighted by atomic mass is 9.78. The maximum atomic E-state index is 14.1. The summed E-state index contributed by atoms with van der Waals surface area (Å²) < 4.78 is 0. The highest BCUT2D eigenvalue weighted by atomic mass is 16.3. The third-order valence-corrected chi connectivity index (χ3v) is 10.6. The van der Waals surface area contributed by atoms with Crippen LogP contribution in [0, 0.1) is 0 Å². The van der Waals surface area contributed by atoms with Crippen molar-refractivity contribution in [1.29, 1.82) is 0 Å². The van der Waals surface area contributed by atoms with Crippen LogP contribution in [-0.4, -0.2) is 40.2 Å². The molecule has 0 atom stereocenters. The number of unbranched alkanes of at least 4 members (excludes halogenated alkanes) is 16. The van der Waals surface area contributed by atoms with Crippen molar-refractivity contribution in [2.75, 3.05) is 10.6 Å². The van der Waals surface area contributed by atoms with Crippen molar-refractivity contribution in [3.63, 3.8) is 0 Å². The molecule has 58 heavy (non-hydrogen) atoms. The highest BCUT2D eigenvalue weighted by Gasteiger charge is 2.39. The molecule has 2 aliphatic rings. The molecule has 0 fully saturated rings. The Balaban J connectivity index is 1.93. The lowest BCUT2D eigenvalue weighted by Gasteiger charge is -2.27. The number of ketones is 1. The van der Waals surface area contributed by atoms with Gasteiger partial charge < -0.3 is 21.1 Å². The van der Waals surface area contributed by atoms with Crippen LogP contribution in [0.5, 0.6) is 0 Å². The number of aliphatic imine (C=N–C) groups is 1. The van der Waals surface area contributed by atoms with Gasteiger partial charge in [-0.2, -0.15) is 0 Å². The molecular formula is C48H70N4O6. The molecule has 0 radical (unpaired) electrons. The van der Waals surface area contributed by atoms with Crippen molar-refractivity contribution in [2.45, 2.75) is 182 Å². The molecule has 0 saturated heterocycles. The van der Waals surface area contributed by atoms with E-state index in [0.29, 0.717) is 48.3 Å². The summed E-state index contributed by atoms with van der Waals surface area (Å²) in [6, 6.07) is 4.92. The van der Waals surface area contributed by atoms with Gasteiger partial charge in [0.1, 0.15) is 5.76 Å². The summed E-state index contributed by atoms with van der Waals surface area (Å²) in [5.74, 6) is -1.59. The third kappa shape index (κ3) is 16.3. The van der Waals surface area contributed by atoms with Gasteiger partial charge in [-0.05, 0) is 62.1 Å². The van der Waals surface area contributed by atoms with Gasteiger partial charge >= 0.3 is 0 Å². The minimum atomic E-state index is -0.469. The zero-order valence-corrected chi connectivity index (χ0v) is 35.9. The molecule has 1 aromatic carbocycles. The fraction of sp³-hybridized carbons (Fsp3) is 0.583. The predicted molar refractivity (Wildman–Crippen MR) is 237 cm³/mol. The molecule has 0 aromatic heterocycles. The molecular weight excluding hydrogens is 729 g/mol. The Labute approximate surface area is 347 Å². The molecule has 4 amide bonds. The maximum Gasteiger partial charge on any atom is 0.246 e. The summed E-state index contributed by atoms with van der Waals surface area (Å²) in [7, 11) is 0. The van der Waals surface area contributed by atoms with Crippen molar-refractivity contribution in [1.82, 2.24) is 5.32 Å². The number of aliphatic hydroxyl groups excluding tert-OH is 1. The van der Waals surface area contributed by atoms with E-state index in [2.05, 4.69) is 48.6 Å². The summed E-state index contributed by atoms with van der Waals surface area (Å²) >= 11 is 0. The molecule has 2 aliphatic carbocycles. The first kappa shape index (κ1) is 47.8. The van der Waals surface area contributed by atoms with E-state index in [-0.39, 0.29) is 58.2 Å². The summed E-state index contributed by atoms with van der Waals surface area (Å²) in [5, 5.41) is 20.4. The number of allylic oxidation sites excluding steroid dienone is 6. The molecule has 10 heteroatoms. The molecule has 4 N–H and O–H groups in total. The van der Waals surface area contributed by atoms with Gasteiger partial charge in [0.05, 0.1) is 22.5 Å². The smallest absolute Gasteiger partial charge is 0.246 e. The van der Waals surface area contributed by atoms with Gasteiger partial charge in [0.15, 0.2) is 0 Å². The van der Waals surface area contributed by atoms with Crippen LogP contribution in [0.15, 0.2) is 64.0 Å². The molecule has 0 spiro atoms. The van der Waals surface area contributed by atoms with Gasteiger partial charge in [0.25, 0.3) is 0 Å². The van der Waals surface area contributed by atoms with E-state index in [1.807, 2.05) is 0 Å². The lowest BCUT2D eigenvalue weighted by molar-refractivity contribution is -0.120. The zero-order chi connectivity index (χ0) is 42.1. The van der Waals surface area contributed by atoms with Crippen LogP contribution < -0.4 is 16.0 Å². The molecule has 0 saturated carbocycles. The quantitative estimate of drug-likeness (QED) is 0.0489. The molecule has 10 nitrogen and oxygen atoms in total. The fourth-order valence-corrected chi connectivity index (χ4v) is 7.16. The number of carbonyl (C=O) groups excluding carboxylic acids is 5. The Kier molecular flexibility index (Phi) is 22.4. The lowest BCUT2D eigenvalue weighted by Crippen LogP contribution is -2.28. The number of Topliss-reactive ketones (excluding diaryl/α,β-unsaturated/α-hetero) is 1. The zero-order valence-electron chi connectivity index (χ0n) is 35.9. The average Bonchev–Trinajstić information content (AvgIpc) is 3.19. The Morgan fingerprint density at radius 1 is 0.569 bits per heavy atom. The van der Waals surface area contributed by atoms with Crippen molar-refractivity contribution >= 4 is 52.1 Å². The number of aliphatic hydroxyl groups is 1. The summed E-state index contributed by atoms with van der Waals surface area (Å²) in [6.45, 7) is 8.57. The number of benzene rings is 1. The average molecular weight is 799 g/mol. The number of nitrogens with zero attached hydrogens (tertiary/aromatic N) is 1. The van der Waals surface area contributed by atoms with Crippen LogP contribution in [0.2, 0.25) is 0 Å². The van der Waals surface area contributed by atoms with Gasteiger partial charge in [-0.3, -0.25) is 24.0 Å². The van der Waals surface area contributed by atoms with Gasteiger partial charge in [-0.1, -0.05) is 130 Å². The fourth-order valence-electron chi connectivity index (χ4n) is 7.16. The first-order chi connectivity index (χ1) is 28.1. The number of hydrogen-bond donors (Lipinski definition) is 4. The second-order valence-corrected chi connectivity index (χ2v) is 15.7. The largest absolute Gasteiger partial charge is 0.506 e. The van der Waals surface area contributed by atoms with E-state index in [4.69, 9.17) is 0 Å². The molecule has 318 valence electrons. The number of amides is 4. The summed E-state index contributed by atoms with van der Waals surface area (Å²) in [4.78, 5) is 70.4. The monoisotopic (exact) mass is 799 g/mol. The van der Waals surface area contributed by atoms with Crippen molar-refractivity contribution in [3.05, 3.63) is 64.6 Å². The maximum absolute atomic E-state index is 14.1. The van der Waals surface area contributed by atoms with Crippen molar-refractivity contribution in [2.24, 2.45) is 4.99 Å². The third-order valence-electron chi connectivity index (χ3n) is 10.6. The summed E-state index contributed by atoms with van der Waals surface area (Å²) in [6.07, 6.45) is 26.1. The predicted octanol–water partition coefficient (Wildman–Crippen LogP) is 11.7. The molecule has 1 aromatic rings. The van der Waals surface area contributed by atoms with Gasteiger partial charge in [0.2, 0.25) is 29.4 Å². The first-order valence-electron chi connectivity index (χ1n) is 22.4. The van der Waals surface area contributed by atoms with E-state index < -0.39 is 5.78 Å². The molecule has 0 unspecified atom stereocenters. The highest BCUT2D eigenvalue weighted by Crippen LogP contribution is 2.42. The molecule has 0 heterocycles. The Morgan fingerprint density at radius 2 is 1.05 bits per heavy atom. The summed E-state index contributed by atoms with van der Waals surface area (Å²) in [5.41, 5.74) is 2.07. The minimum Gasteiger partial charge on any atom is -0.506 e. The van der Waals surface area contributed by atoms with E-state index in [0.717, 1.165) is 122 Å². The molecule has 0 bridgehead atoms.